The van der Waals surface area contributed by atoms with E-state index >= 15 is 0 Å². The van der Waals surface area contributed by atoms with E-state index in [0.29, 0.717) is 5.75 Å². The van der Waals surface area contributed by atoms with Crippen molar-refractivity contribution in [2.45, 2.75) is 26.2 Å². The van der Waals surface area contributed by atoms with Gasteiger partial charge in [0.15, 0.2) is 0 Å². The molecule has 0 atom stereocenters. The van der Waals surface area contributed by atoms with E-state index in [4.69, 9.17) is 0 Å². The van der Waals surface area contributed by atoms with E-state index in [2.05, 4.69) is 6.92 Å². The standard InChI is InChI=1S/C10H14O.Na/c1-2-3-6-9-7-4-5-8-10(9)11;/h4-5,7-8,11H,2-3,6H2,1H3;. The minimum absolute atomic E-state index is 0. The third-order valence-electron chi connectivity index (χ3n) is 1.79. The number of unbranched alkanes of at least 4 members (excludes halogenated alkanes) is 1. The van der Waals surface area contributed by atoms with Crippen LogP contribution < -0.4 is 0 Å². The van der Waals surface area contributed by atoms with Gasteiger partial charge in [0.25, 0.3) is 0 Å². The molecule has 1 radical (unpaired) electrons. The van der Waals surface area contributed by atoms with Crippen LogP contribution in [0.5, 0.6) is 5.75 Å². The first kappa shape index (κ1) is 12.0. The molecule has 0 aliphatic heterocycles. The van der Waals surface area contributed by atoms with E-state index < -0.39 is 0 Å². The number of aromatic hydroxyl groups is 1. The van der Waals surface area contributed by atoms with Gasteiger partial charge in [0.2, 0.25) is 0 Å². The number of benzene rings is 1. The number of hydrogen-bond donors (Lipinski definition) is 1. The van der Waals surface area contributed by atoms with Crippen LogP contribution in [0.4, 0.5) is 0 Å². The predicted octanol–water partition coefficient (Wildman–Crippen LogP) is 2.35. The van der Waals surface area contributed by atoms with Gasteiger partial charge in [-0.15, -0.1) is 0 Å². The number of rotatable bonds is 3. The molecule has 1 rings (SSSR count). The van der Waals surface area contributed by atoms with E-state index in [9.17, 15) is 5.11 Å². The Bertz CT molecular complexity index is 223. The molecule has 12 heavy (non-hydrogen) atoms. The SMILES string of the molecule is CCCCc1ccccc1O.[Na]. The number of para-hydroxylation sites is 1. The monoisotopic (exact) mass is 173 g/mol. The fraction of sp³-hybridized carbons (Fsp3) is 0.400. The first-order valence-electron chi connectivity index (χ1n) is 4.11. The van der Waals surface area contributed by atoms with Crippen molar-refractivity contribution in [3.63, 3.8) is 0 Å². The molecule has 0 bridgehead atoms. The summed E-state index contributed by atoms with van der Waals surface area (Å²) < 4.78 is 0. The molecule has 0 fully saturated rings. The van der Waals surface area contributed by atoms with Gasteiger partial charge in [0, 0.05) is 29.6 Å². The van der Waals surface area contributed by atoms with E-state index in [1.807, 2.05) is 18.2 Å². The first-order valence-corrected chi connectivity index (χ1v) is 4.11. The maximum absolute atomic E-state index is 9.34. The number of hydrogen-bond acceptors (Lipinski definition) is 1. The number of phenols is 1. The summed E-state index contributed by atoms with van der Waals surface area (Å²) in [6, 6.07) is 7.53. The molecule has 1 aromatic carbocycles. The van der Waals surface area contributed by atoms with Crippen molar-refractivity contribution in [1.82, 2.24) is 0 Å². The quantitative estimate of drug-likeness (QED) is 0.695. The molecule has 0 aliphatic rings. The van der Waals surface area contributed by atoms with Crippen molar-refractivity contribution in [3.05, 3.63) is 29.8 Å². The second kappa shape index (κ2) is 6.53. The molecule has 1 nitrogen and oxygen atoms in total. The summed E-state index contributed by atoms with van der Waals surface area (Å²) >= 11 is 0. The predicted molar refractivity (Wildman–Crippen MR) is 52.5 cm³/mol. The summed E-state index contributed by atoms with van der Waals surface area (Å²) in [6.45, 7) is 2.15. The maximum atomic E-state index is 9.34. The van der Waals surface area contributed by atoms with E-state index in [-0.39, 0.29) is 29.6 Å². The van der Waals surface area contributed by atoms with Gasteiger partial charge in [-0.3, -0.25) is 0 Å². The summed E-state index contributed by atoms with van der Waals surface area (Å²) in [5.74, 6) is 0.431. The van der Waals surface area contributed by atoms with Crippen LogP contribution in [0.25, 0.3) is 0 Å². The van der Waals surface area contributed by atoms with Crippen LogP contribution in [-0.4, -0.2) is 34.7 Å². The van der Waals surface area contributed by atoms with Gasteiger partial charge < -0.3 is 5.11 Å². The Labute approximate surface area is 96.1 Å². The Hall–Kier alpha value is 0.0200. The summed E-state index contributed by atoms with van der Waals surface area (Å²) in [7, 11) is 0. The van der Waals surface area contributed by atoms with Gasteiger partial charge in [0.1, 0.15) is 5.75 Å². The van der Waals surface area contributed by atoms with Crippen LogP contribution in [0.1, 0.15) is 25.3 Å². The average Bonchev–Trinajstić information content (AvgIpc) is 2.03. The molecule has 0 aromatic heterocycles. The third kappa shape index (κ3) is 3.61. The topological polar surface area (TPSA) is 20.2 Å². The number of aryl methyl sites for hydroxylation is 1. The van der Waals surface area contributed by atoms with Crippen molar-refractivity contribution in [3.8, 4) is 5.75 Å². The molecular formula is C10H14NaO. The second-order valence-corrected chi connectivity index (χ2v) is 2.73. The Balaban J connectivity index is 0.00000121. The minimum Gasteiger partial charge on any atom is -0.508 e. The van der Waals surface area contributed by atoms with Gasteiger partial charge >= 0.3 is 0 Å². The van der Waals surface area contributed by atoms with Crippen molar-refractivity contribution >= 4 is 29.6 Å². The van der Waals surface area contributed by atoms with Crippen LogP contribution in [0.2, 0.25) is 0 Å². The first-order chi connectivity index (χ1) is 5.34. The van der Waals surface area contributed by atoms with Crippen LogP contribution in [-0.2, 0) is 6.42 Å². The molecule has 0 heterocycles. The van der Waals surface area contributed by atoms with Gasteiger partial charge in [-0.1, -0.05) is 31.5 Å². The zero-order valence-corrected chi connectivity index (χ0v) is 9.88. The molecule has 0 saturated heterocycles. The molecule has 1 N–H and O–H groups in total. The Morgan fingerprint density at radius 2 is 1.92 bits per heavy atom. The summed E-state index contributed by atoms with van der Waals surface area (Å²) in [5.41, 5.74) is 1.06. The molecule has 0 saturated carbocycles. The van der Waals surface area contributed by atoms with Crippen LogP contribution in [0.15, 0.2) is 24.3 Å². The van der Waals surface area contributed by atoms with Crippen LogP contribution in [0, 0.1) is 0 Å². The van der Waals surface area contributed by atoms with Crippen LogP contribution in [0.3, 0.4) is 0 Å². The maximum Gasteiger partial charge on any atom is 0.118 e. The molecule has 0 unspecified atom stereocenters. The zero-order chi connectivity index (χ0) is 8.10. The molecule has 2 heteroatoms. The largest absolute Gasteiger partial charge is 0.508 e. The summed E-state index contributed by atoms with van der Waals surface area (Å²) in [6.07, 6.45) is 3.31. The van der Waals surface area contributed by atoms with E-state index in [1.54, 1.807) is 6.07 Å². The van der Waals surface area contributed by atoms with Crippen molar-refractivity contribution in [1.29, 1.82) is 0 Å². The fourth-order valence-electron chi connectivity index (χ4n) is 1.09. The van der Waals surface area contributed by atoms with Crippen molar-refractivity contribution < 1.29 is 5.11 Å². The van der Waals surface area contributed by atoms with Gasteiger partial charge in [-0.05, 0) is 24.5 Å². The van der Waals surface area contributed by atoms with E-state index in [1.165, 1.54) is 6.42 Å². The molecule has 1 aromatic rings. The smallest absolute Gasteiger partial charge is 0.118 e. The molecule has 0 aliphatic carbocycles. The fourth-order valence-corrected chi connectivity index (χ4v) is 1.09. The molecule has 0 spiro atoms. The van der Waals surface area contributed by atoms with Crippen molar-refractivity contribution in [2.75, 3.05) is 0 Å². The zero-order valence-electron chi connectivity index (χ0n) is 7.88. The Morgan fingerprint density at radius 1 is 1.25 bits per heavy atom. The van der Waals surface area contributed by atoms with Gasteiger partial charge in [-0.25, -0.2) is 0 Å². The molecule has 0 amide bonds. The Kier molecular flexibility index (Phi) is 6.54. The normalized spacial score (nSPS) is 9.08. The van der Waals surface area contributed by atoms with E-state index in [0.717, 1.165) is 18.4 Å². The van der Waals surface area contributed by atoms with Gasteiger partial charge in [0.05, 0.1) is 0 Å². The van der Waals surface area contributed by atoms with Gasteiger partial charge in [-0.2, -0.15) is 0 Å². The summed E-state index contributed by atoms with van der Waals surface area (Å²) in [4.78, 5) is 0. The minimum atomic E-state index is 0. The Morgan fingerprint density at radius 3 is 2.50 bits per heavy atom. The van der Waals surface area contributed by atoms with Crippen molar-refractivity contribution in [2.24, 2.45) is 0 Å². The molecule has 61 valence electrons. The van der Waals surface area contributed by atoms with Crippen LogP contribution >= 0.6 is 0 Å². The average molecular weight is 173 g/mol. The third-order valence-corrected chi connectivity index (χ3v) is 1.79. The second-order valence-electron chi connectivity index (χ2n) is 2.73. The molecular weight excluding hydrogens is 159 g/mol. The number of phenolic OH excluding ortho intramolecular Hbond substituents is 1. The summed E-state index contributed by atoms with van der Waals surface area (Å²) in [5, 5.41) is 9.34.